The first-order chi connectivity index (χ1) is 8.31. The third-order valence-electron chi connectivity index (χ3n) is 1.95. The fourth-order valence-corrected chi connectivity index (χ4v) is 1.09. The van der Waals surface area contributed by atoms with Gasteiger partial charge < -0.3 is 9.67 Å². The highest BCUT2D eigenvalue weighted by atomic mass is 16.3. The van der Waals surface area contributed by atoms with Crippen molar-refractivity contribution in [2.75, 3.05) is 0 Å². The van der Waals surface area contributed by atoms with Crippen LogP contribution in [0, 0.1) is 0 Å². The number of aromatic nitrogens is 2. The fraction of sp³-hybridized carbons (Fsp3) is 0.357. The average molecular weight is 236 g/mol. The first-order valence-electron chi connectivity index (χ1n) is 5.69. The van der Waals surface area contributed by atoms with Gasteiger partial charge in [0, 0.05) is 6.54 Å². The lowest BCUT2D eigenvalue weighted by Crippen LogP contribution is -2.02. The lowest BCUT2D eigenvalue weighted by molar-refractivity contribution is 0.271. The highest BCUT2D eigenvalue weighted by Crippen LogP contribution is 2.05. The van der Waals surface area contributed by atoms with Crippen LogP contribution in [0.15, 0.2) is 50.0 Å². The molecular formula is C14H24N2O. The monoisotopic (exact) mass is 236 g/mol. The molecule has 0 aliphatic carbocycles. The molecule has 1 N–H and O–H groups in total. The Labute approximate surface area is 105 Å². The molecule has 3 heteroatoms. The van der Waals surface area contributed by atoms with Crippen molar-refractivity contribution >= 4 is 0 Å². The summed E-state index contributed by atoms with van der Waals surface area (Å²) >= 11 is 0. The van der Waals surface area contributed by atoms with E-state index < -0.39 is 0 Å². The van der Waals surface area contributed by atoms with Crippen LogP contribution in [0.3, 0.4) is 0 Å². The quantitative estimate of drug-likeness (QED) is 0.643. The van der Waals surface area contributed by atoms with Crippen molar-refractivity contribution in [3.63, 3.8) is 0 Å². The molecule has 17 heavy (non-hydrogen) atoms. The number of imidazole rings is 1. The minimum Gasteiger partial charge on any atom is -0.390 e. The van der Waals surface area contributed by atoms with E-state index in [-0.39, 0.29) is 6.61 Å². The first kappa shape index (κ1) is 17.8. The molecule has 1 heterocycles. The minimum absolute atomic E-state index is 0.0220. The van der Waals surface area contributed by atoms with E-state index in [2.05, 4.69) is 24.7 Å². The largest absolute Gasteiger partial charge is 0.390 e. The number of aliphatic hydroxyl groups excluding tert-OH is 1. The van der Waals surface area contributed by atoms with Crippen LogP contribution in [-0.2, 0) is 13.2 Å². The molecule has 0 saturated heterocycles. The van der Waals surface area contributed by atoms with Crippen LogP contribution >= 0.6 is 0 Å². The SMILES string of the molecule is C=C.C=C/C(=C\C)Cn1cncc1CO.CC. The normalized spacial score (nSPS) is 9.53. The molecule has 0 aliphatic heterocycles. The Hall–Kier alpha value is -1.61. The van der Waals surface area contributed by atoms with E-state index in [9.17, 15) is 0 Å². The van der Waals surface area contributed by atoms with Crippen LogP contribution in [0.1, 0.15) is 26.5 Å². The van der Waals surface area contributed by atoms with Crippen molar-refractivity contribution in [1.29, 1.82) is 0 Å². The van der Waals surface area contributed by atoms with Crippen molar-refractivity contribution in [1.82, 2.24) is 9.55 Å². The standard InChI is InChI=1S/C10H14N2O.C2H6.C2H4/c1-3-9(4-2)6-12-8-11-5-10(12)7-13;2*1-2/h3-5,8,13H,1,6-7H2,2H3;1-2H3;1-2H2/b9-4+;;. The molecule has 0 saturated carbocycles. The van der Waals surface area contributed by atoms with E-state index in [1.807, 2.05) is 31.4 Å². The molecule has 0 spiro atoms. The molecule has 0 aromatic carbocycles. The van der Waals surface area contributed by atoms with E-state index >= 15 is 0 Å². The van der Waals surface area contributed by atoms with Gasteiger partial charge in [-0.05, 0) is 12.5 Å². The zero-order valence-electron chi connectivity index (χ0n) is 11.2. The summed E-state index contributed by atoms with van der Waals surface area (Å²) in [7, 11) is 0. The van der Waals surface area contributed by atoms with Crippen LogP contribution in [0.5, 0.6) is 0 Å². The molecule has 0 atom stereocenters. The number of hydrogen-bond acceptors (Lipinski definition) is 2. The Balaban J connectivity index is 0. The highest BCUT2D eigenvalue weighted by molar-refractivity contribution is 5.16. The lowest BCUT2D eigenvalue weighted by Gasteiger charge is -2.05. The third-order valence-corrected chi connectivity index (χ3v) is 1.95. The number of nitrogens with zero attached hydrogens (tertiary/aromatic N) is 2. The van der Waals surface area contributed by atoms with Gasteiger partial charge in [-0.2, -0.15) is 0 Å². The van der Waals surface area contributed by atoms with Crippen molar-refractivity contribution < 1.29 is 5.11 Å². The predicted molar refractivity (Wildman–Crippen MR) is 74.7 cm³/mol. The predicted octanol–water partition coefficient (Wildman–Crippen LogP) is 3.34. The van der Waals surface area contributed by atoms with Crippen LogP contribution in [0.4, 0.5) is 0 Å². The van der Waals surface area contributed by atoms with Gasteiger partial charge in [0.2, 0.25) is 0 Å². The maximum Gasteiger partial charge on any atom is 0.0952 e. The van der Waals surface area contributed by atoms with Gasteiger partial charge in [-0.25, -0.2) is 4.98 Å². The Morgan fingerprint density at radius 1 is 1.47 bits per heavy atom. The molecule has 0 unspecified atom stereocenters. The summed E-state index contributed by atoms with van der Waals surface area (Å²) in [6, 6.07) is 0. The molecule has 1 rings (SSSR count). The number of aliphatic hydroxyl groups is 1. The molecule has 3 nitrogen and oxygen atoms in total. The summed E-state index contributed by atoms with van der Waals surface area (Å²) in [6.07, 6.45) is 7.17. The lowest BCUT2D eigenvalue weighted by atomic mass is 10.2. The molecule has 0 radical (unpaired) electrons. The summed E-state index contributed by atoms with van der Waals surface area (Å²) in [4.78, 5) is 3.96. The van der Waals surface area contributed by atoms with Gasteiger partial charge in [-0.3, -0.25) is 0 Å². The Morgan fingerprint density at radius 3 is 2.47 bits per heavy atom. The highest BCUT2D eigenvalue weighted by Gasteiger charge is 2.00. The molecule has 96 valence electrons. The summed E-state index contributed by atoms with van der Waals surface area (Å²) < 4.78 is 1.90. The van der Waals surface area contributed by atoms with E-state index in [1.54, 1.807) is 18.6 Å². The van der Waals surface area contributed by atoms with E-state index in [1.165, 1.54) is 0 Å². The van der Waals surface area contributed by atoms with E-state index in [0.29, 0.717) is 0 Å². The van der Waals surface area contributed by atoms with Gasteiger partial charge in [0.05, 0.1) is 24.8 Å². The number of rotatable bonds is 4. The fourth-order valence-electron chi connectivity index (χ4n) is 1.09. The molecule has 1 aromatic rings. The topological polar surface area (TPSA) is 38.0 Å². The van der Waals surface area contributed by atoms with Crippen molar-refractivity contribution in [2.24, 2.45) is 0 Å². The molecule has 0 fully saturated rings. The van der Waals surface area contributed by atoms with Crippen LogP contribution < -0.4 is 0 Å². The zero-order chi connectivity index (χ0) is 13.7. The van der Waals surface area contributed by atoms with Crippen LogP contribution in [-0.4, -0.2) is 14.7 Å². The zero-order valence-corrected chi connectivity index (χ0v) is 11.2. The molecular weight excluding hydrogens is 212 g/mol. The number of allylic oxidation sites excluding steroid dienone is 3. The maximum atomic E-state index is 8.96. The summed E-state index contributed by atoms with van der Waals surface area (Å²) in [5.74, 6) is 0. The Morgan fingerprint density at radius 2 is 2.06 bits per heavy atom. The van der Waals surface area contributed by atoms with Gasteiger partial charge in [-0.15, -0.1) is 13.2 Å². The summed E-state index contributed by atoms with van der Waals surface area (Å²) in [6.45, 7) is 16.4. The van der Waals surface area contributed by atoms with Crippen molar-refractivity contribution in [2.45, 2.75) is 33.9 Å². The second-order valence-corrected chi connectivity index (χ2v) is 2.74. The molecule has 1 aromatic heterocycles. The molecule has 0 aliphatic rings. The second-order valence-electron chi connectivity index (χ2n) is 2.74. The molecule has 0 bridgehead atoms. The maximum absolute atomic E-state index is 8.96. The Bertz CT molecular complexity index is 327. The Kier molecular flexibility index (Phi) is 13.0. The van der Waals surface area contributed by atoms with E-state index in [0.717, 1.165) is 17.8 Å². The van der Waals surface area contributed by atoms with Crippen LogP contribution in [0.25, 0.3) is 0 Å². The first-order valence-corrected chi connectivity index (χ1v) is 5.69. The van der Waals surface area contributed by atoms with Gasteiger partial charge in [0.25, 0.3) is 0 Å². The van der Waals surface area contributed by atoms with E-state index in [4.69, 9.17) is 5.11 Å². The van der Waals surface area contributed by atoms with Crippen molar-refractivity contribution in [3.05, 3.63) is 55.7 Å². The van der Waals surface area contributed by atoms with Gasteiger partial charge >= 0.3 is 0 Å². The van der Waals surface area contributed by atoms with Crippen LogP contribution in [0.2, 0.25) is 0 Å². The number of hydrogen-bond donors (Lipinski definition) is 1. The average Bonchev–Trinajstić information content (AvgIpc) is 2.87. The van der Waals surface area contributed by atoms with Crippen molar-refractivity contribution in [3.8, 4) is 0 Å². The molecule has 0 amide bonds. The van der Waals surface area contributed by atoms with Gasteiger partial charge in [0.15, 0.2) is 0 Å². The second kappa shape index (κ2) is 12.5. The smallest absolute Gasteiger partial charge is 0.0952 e. The minimum atomic E-state index is 0.0220. The van der Waals surface area contributed by atoms with Gasteiger partial charge in [-0.1, -0.05) is 32.6 Å². The summed E-state index contributed by atoms with van der Waals surface area (Å²) in [5.41, 5.74) is 1.94. The van der Waals surface area contributed by atoms with Gasteiger partial charge in [0.1, 0.15) is 0 Å². The third kappa shape index (κ3) is 6.53. The summed E-state index contributed by atoms with van der Waals surface area (Å²) in [5, 5.41) is 8.96.